The van der Waals surface area contributed by atoms with E-state index in [1.54, 1.807) is 6.07 Å². The summed E-state index contributed by atoms with van der Waals surface area (Å²) in [5.74, 6) is -0.687. The zero-order valence-corrected chi connectivity index (χ0v) is 9.94. The van der Waals surface area contributed by atoms with Crippen LogP contribution < -0.4 is 16.4 Å². The van der Waals surface area contributed by atoms with Crippen LogP contribution in [0.1, 0.15) is 35.0 Å². The summed E-state index contributed by atoms with van der Waals surface area (Å²) in [6.45, 7) is 1.65. The Morgan fingerprint density at radius 1 is 1.61 bits per heavy atom. The van der Waals surface area contributed by atoms with Crippen molar-refractivity contribution in [2.45, 2.75) is 18.8 Å². The van der Waals surface area contributed by atoms with E-state index >= 15 is 0 Å². The number of primary amides is 1. The van der Waals surface area contributed by atoms with Gasteiger partial charge in [-0.25, -0.2) is 0 Å². The summed E-state index contributed by atoms with van der Waals surface area (Å²) in [6.07, 6.45) is 2.11. The maximum Gasteiger partial charge on any atom is 0.290 e. The van der Waals surface area contributed by atoms with Crippen LogP contribution in [0.2, 0.25) is 0 Å². The molecule has 0 radical (unpaired) electrons. The molecule has 1 aliphatic rings. The van der Waals surface area contributed by atoms with E-state index in [9.17, 15) is 9.59 Å². The van der Waals surface area contributed by atoms with Gasteiger partial charge in [0.1, 0.15) is 0 Å². The fourth-order valence-electron chi connectivity index (χ4n) is 1.95. The molecule has 2 rings (SSSR count). The molecule has 2 amide bonds. The fraction of sp³-hybridized carbons (Fsp3) is 0.545. The Balaban J connectivity index is 1.96. The van der Waals surface area contributed by atoms with Gasteiger partial charge in [0.05, 0.1) is 12.2 Å². The molecule has 2 heterocycles. The number of nitrogens with two attached hydrogens (primary N) is 1. The molecule has 0 saturated carbocycles. The van der Waals surface area contributed by atoms with Crippen LogP contribution in [0.25, 0.3) is 0 Å². The highest BCUT2D eigenvalue weighted by Crippen LogP contribution is 2.22. The van der Waals surface area contributed by atoms with Gasteiger partial charge in [-0.1, -0.05) is 5.16 Å². The van der Waals surface area contributed by atoms with Crippen molar-refractivity contribution in [3.63, 3.8) is 0 Å². The SMILES string of the molecule is NC(=O)CNC(=O)c1cc(C2CCCNC2)no1. The first-order chi connectivity index (χ1) is 8.66. The molecular weight excluding hydrogens is 236 g/mol. The second-order valence-electron chi connectivity index (χ2n) is 4.31. The molecule has 1 unspecified atom stereocenters. The normalized spacial score (nSPS) is 19.4. The number of carbonyl (C=O) groups excluding carboxylic acids is 2. The van der Waals surface area contributed by atoms with E-state index in [2.05, 4.69) is 15.8 Å². The molecule has 0 spiro atoms. The van der Waals surface area contributed by atoms with Crippen molar-refractivity contribution in [2.75, 3.05) is 19.6 Å². The first-order valence-electron chi connectivity index (χ1n) is 5.90. The molecule has 18 heavy (non-hydrogen) atoms. The minimum absolute atomic E-state index is 0.108. The van der Waals surface area contributed by atoms with Crippen LogP contribution in [0.4, 0.5) is 0 Å². The van der Waals surface area contributed by atoms with Crippen LogP contribution in [0.3, 0.4) is 0 Å². The zero-order chi connectivity index (χ0) is 13.0. The monoisotopic (exact) mass is 252 g/mol. The number of nitrogens with zero attached hydrogens (tertiary/aromatic N) is 1. The smallest absolute Gasteiger partial charge is 0.290 e. The van der Waals surface area contributed by atoms with E-state index in [4.69, 9.17) is 10.3 Å². The van der Waals surface area contributed by atoms with Crippen molar-refractivity contribution in [3.8, 4) is 0 Å². The molecule has 1 atom stereocenters. The standard InChI is InChI=1S/C11H16N4O3/c12-10(16)6-14-11(17)9-4-8(15-18-9)7-2-1-3-13-5-7/h4,7,13H,1-3,5-6H2,(H2,12,16)(H,14,17). The third-order valence-corrected chi connectivity index (χ3v) is 2.89. The van der Waals surface area contributed by atoms with Crippen LogP contribution in [-0.4, -0.2) is 36.6 Å². The lowest BCUT2D eigenvalue weighted by atomic mass is 9.96. The van der Waals surface area contributed by atoms with Gasteiger partial charge in [-0.15, -0.1) is 0 Å². The molecule has 1 fully saturated rings. The molecule has 0 aromatic carbocycles. The fourth-order valence-corrected chi connectivity index (χ4v) is 1.95. The largest absolute Gasteiger partial charge is 0.368 e. The lowest BCUT2D eigenvalue weighted by molar-refractivity contribution is -0.117. The summed E-state index contributed by atoms with van der Waals surface area (Å²) in [5, 5.41) is 9.52. The third kappa shape index (κ3) is 3.07. The second kappa shape index (κ2) is 5.63. The lowest BCUT2D eigenvalue weighted by Gasteiger charge is -2.20. The van der Waals surface area contributed by atoms with Gasteiger partial charge in [0.15, 0.2) is 0 Å². The Hall–Kier alpha value is -1.89. The molecule has 1 aromatic rings. The van der Waals surface area contributed by atoms with Crippen LogP contribution in [0, 0.1) is 0 Å². The molecule has 7 nitrogen and oxygen atoms in total. The maximum absolute atomic E-state index is 11.6. The summed E-state index contributed by atoms with van der Waals surface area (Å²) < 4.78 is 4.97. The highest BCUT2D eigenvalue weighted by Gasteiger charge is 2.21. The summed E-state index contributed by atoms with van der Waals surface area (Å²) in [5.41, 5.74) is 5.70. The van der Waals surface area contributed by atoms with Gasteiger partial charge >= 0.3 is 0 Å². The predicted molar refractivity (Wildman–Crippen MR) is 62.9 cm³/mol. The number of rotatable bonds is 4. The molecule has 1 aromatic heterocycles. The number of nitrogens with one attached hydrogen (secondary N) is 2. The first kappa shape index (κ1) is 12.6. The van der Waals surface area contributed by atoms with Gasteiger partial charge in [-0.3, -0.25) is 9.59 Å². The Labute approximate surface area is 104 Å². The number of amides is 2. The van der Waals surface area contributed by atoms with Gasteiger partial charge in [0.25, 0.3) is 5.91 Å². The van der Waals surface area contributed by atoms with E-state index in [0.29, 0.717) is 0 Å². The van der Waals surface area contributed by atoms with Crippen molar-refractivity contribution >= 4 is 11.8 Å². The topological polar surface area (TPSA) is 110 Å². The number of carbonyl (C=O) groups is 2. The molecule has 0 bridgehead atoms. The van der Waals surface area contributed by atoms with Crippen LogP contribution in [0.15, 0.2) is 10.6 Å². The Kier molecular flexibility index (Phi) is 3.93. The first-order valence-corrected chi connectivity index (χ1v) is 5.90. The molecule has 1 aliphatic heterocycles. The number of piperidine rings is 1. The lowest BCUT2D eigenvalue weighted by Crippen LogP contribution is -2.33. The van der Waals surface area contributed by atoms with E-state index in [0.717, 1.165) is 31.6 Å². The summed E-state index contributed by atoms with van der Waals surface area (Å²) in [7, 11) is 0. The van der Waals surface area contributed by atoms with Crippen molar-refractivity contribution in [2.24, 2.45) is 5.73 Å². The van der Waals surface area contributed by atoms with Gasteiger partial charge in [-0.2, -0.15) is 0 Å². The van der Waals surface area contributed by atoms with Gasteiger partial charge in [0.2, 0.25) is 11.7 Å². The highest BCUT2D eigenvalue weighted by atomic mass is 16.5. The highest BCUT2D eigenvalue weighted by molar-refractivity contribution is 5.93. The second-order valence-corrected chi connectivity index (χ2v) is 4.31. The Bertz CT molecular complexity index is 437. The summed E-state index contributed by atoms with van der Waals surface area (Å²) in [6, 6.07) is 1.62. The van der Waals surface area contributed by atoms with Crippen LogP contribution >= 0.6 is 0 Å². The van der Waals surface area contributed by atoms with Crippen molar-refractivity contribution in [1.29, 1.82) is 0 Å². The van der Waals surface area contributed by atoms with Crippen molar-refractivity contribution in [3.05, 3.63) is 17.5 Å². The van der Waals surface area contributed by atoms with Crippen molar-refractivity contribution in [1.82, 2.24) is 15.8 Å². The average molecular weight is 252 g/mol. The van der Waals surface area contributed by atoms with E-state index < -0.39 is 11.8 Å². The average Bonchev–Trinajstić information content (AvgIpc) is 2.86. The maximum atomic E-state index is 11.6. The van der Waals surface area contributed by atoms with Gasteiger partial charge in [0, 0.05) is 18.5 Å². The van der Waals surface area contributed by atoms with Crippen molar-refractivity contribution < 1.29 is 14.1 Å². The zero-order valence-electron chi connectivity index (χ0n) is 9.94. The van der Waals surface area contributed by atoms with Gasteiger partial charge in [-0.05, 0) is 19.4 Å². The molecule has 1 saturated heterocycles. The van der Waals surface area contributed by atoms with Crippen LogP contribution in [0.5, 0.6) is 0 Å². The quantitative estimate of drug-likeness (QED) is 0.660. The van der Waals surface area contributed by atoms with E-state index in [-0.39, 0.29) is 18.2 Å². The number of hydrogen-bond donors (Lipinski definition) is 3. The summed E-state index contributed by atoms with van der Waals surface area (Å²) in [4.78, 5) is 22.1. The molecule has 98 valence electrons. The molecule has 7 heteroatoms. The van der Waals surface area contributed by atoms with E-state index in [1.807, 2.05) is 0 Å². The van der Waals surface area contributed by atoms with Gasteiger partial charge < -0.3 is 20.9 Å². The number of hydrogen-bond acceptors (Lipinski definition) is 5. The summed E-state index contributed by atoms with van der Waals surface area (Å²) >= 11 is 0. The third-order valence-electron chi connectivity index (χ3n) is 2.89. The Morgan fingerprint density at radius 2 is 2.44 bits per heavy atom. The minimum Gasteiger partial charge on any atom is -0.368 e. The number of aromatic nitrogens is 1. The van der Waals surface area contributed by atoms with Crippen LogP contribution in [-0.2, 0) is 4.79 Å². The predicted octanol–water partition coefficient (Wildman–Crippen LogP) is -0.643. The minimum atomic E-state index is -0.598. The molecule has 0 aliphatic carbocycles. The molecular formula is C11H16N4O3. The Morgan fingerprint density at radius 3 is 3.11 bits per heavy atom. The van der Waals surface area contributed by atoms with E-state index in [1.165, 1.54) is 0 Å². The molecule has 4 N–H and O–H groups in total.